The molecule has 0 unspecified atom stereocenters. The number of pyridine rings is 1. The van der Waals surface area contributed by atoms with Crippen LogP contribution in [-0.4, -0.2) is 21.0 Å². The lowest BCUT2D eigenvalue weighted by molar-refractivity contribution is 0.0904. The maximum absolute atomic E-state index is 11.8. The monoisotopic (exact) mass is 270 g/mol. The second-order valence-corrected chi connectivity index (χ2v) is 3.93. The van der Waals surface area contributed by atoms with E-state index in [4.69, 9.17) is 8.94 Å². The Morgan fingerprint density at radius 3 is 3.00 bits per heavy atom. The lowest BCUT2D eigenvalue weighted by atomic mass is 10.3. The summed E-state index contributed by atoms with van der Waals surface area (Å²) in [5, 5.41) is 6.36. The first-order chi connectivity index (χ1) is 9.83. The zero-order valence-electron chi connectivity index (χ0n) is 10.3. The third-order valence-electron chi connectivity index (χ3n) is 2.54. The van der Waals surface area contributed by atoms with E-state index in [1.54, 1.807) is 36.7 Å². The summed E-state index contributed by atoms with van der Waals surface area (Å²) in [5.41, 5.74) is 0.682. The van der Waals surface area contributed by atoms with E-state index in [1.807, 2.05) is 0 Å². The van der Waals surface area contributed by atoms with E-state index >= 15 is 0 Å². The number of amides is 1. The van der Waals surface area contributed by atoms with Gasteiger partial charge in [-0.2, -0.15) is 4.98 Å². The van der Waals surface area contributed by atoms with Gasteiger partial charge in [0.2, 0.25) is 5.82 Å². The third kappa shape index (κ3) is 2.56. The average Bonchev–Trinajstić information content (AvgIpc) is 3.17. The van der Waals surface area contributed by atoms with Crippen LogP contribution >= 0.6 is 0 Å². The first-order valence-corrected chi connectivity index (χ1v) is 5.87. The van der Waals surface area contributed by atoms with E-state index in [2.05, 4.69) is 20.4 Å². The molecule has 3 aromatic rings. The number of nitrogens with zero attached hydrogens (tertiary/aromatic N) is 3. The van der Waals surface area contributed by atoms with Crippen LogP contribution in [-0.2, 0) is 6.54 Å². The van der Waals surface area contributed by atoms with Crippen molar-refractivity contribution >= 4 is 5.91 Å². The molecule has 0 saturated heterocycles. The largest absolute Gasteiger partial charge is 0.467 e. The number of nitrogens with one attached hydrogen (secondary N) is 1. The molecule has 0 bridgehead atoms. The topological polar surface area (TPSA) is 94.1 Å². The number of furan rings is 1. The third-order valence-corrected chi connectivity index (χ3v) is 2.54. The summed E-state index contributed by atoms with van der Waals surface area (Å²) in [6, 6.07) is 7.04. The summed E-state index contributed by atoms with van der Waals surface area (Å²) in [5.74, 6) is 0.408. The van der Waals surface area contributed by atoms with Crippen LogP contribution in [0.2, 0.25) is 0 Å². The summed E-state index contributed by atoms with van der Waals surface area (Å²) in [6.07, 6.45) is 4.77. The van der Waals surface area contributed by atoms with Gasteiger partial charge in [0.15, 0.2) is 0 Å². The summed E-state index contributed by atoms with van der Waals surface area (Å²) < 4.78 is 10.0. The van der Waals surface area contributed by atoms with Crippen LogP contribution in [0.3, 0.4) is 0 Å². The lowest BCUT2D eigenvalue weighted by Crippen LogP contribution is -2.22. The minimum absolute atomic E-state index is 0.101. The van der Waals surface area contributed by atoms with Gasteiger partial charge in [-0.05, 0) is 24.3 Å². The number of aromatic nitrogens is 3. The van der Waals surface area contributed by atoms with Crippen molar-refractivity contribution in [2.45, 2.75) is 6.54 Å². The normalized spacial score (nSPS) is 10.4. The molecule has 3 rings (SSSR count). The Hall–Kier alpha value is -2.96. The molecule has 0 aliphatic heterocycles. The van der Waals surface area contributed by atoms with Crippen molar-refractivity contribution in [2.75, 3.05) is 0 Å². The van der Waals surface area contributed by atoms with Crippen molar-refractivity contribution in [1.29, 1.82) is 0 Å². The minimum Gasteiger partial charge on any atom is -0.467 e. The zero-order chi connectivity index (χ0) is 13.8. The fourth-order valence-corrected chi connectivity index (χ4v) is 1.58. The highest BCUT2D eigenvalue weighted by Crippen LogP contribution is 2.13. The molecular formula is C13H10N4O3. The molecule has 0 aliphatic rings. The molecule has 0 aromatic carbocycles. The van der Waals surface area contributed by atoms with Gasteiger partial charge in [-0.25, -0.2) is 0 Å². The SMILES string of the molecule is O=C(NCc1ccco1)c1nc(-c2cccnc2)no1. The summed E-state index contributed by atoms with van der Waals surface area (Å²) in [4.78, 5) is 19.8. The van der Waals surface area contributed by atoms with Crippen molar-refractivity contribution < 1.29 is 13.7 Å². The summed E-state index contributed by atoms with van der Waals surface area (Å²) in [7, 11) is 0. The highest BCUT2D eigenvalue weighted by molar-refractivity contribution is 5.89. The molecule has 0 saturated carbocycles. The van der Waals surface area contributed by atoms with Crippen LogP contribution in [0.5, 0.6) is 0 Å². The van der Waals surface area contributed by atoms with Gasteiger partial charge >= 0.3 is 11.8 Å². The fraction of sp³-hybridized carbons (Fsp3) is 0.0769. The molecule has 3 aromatic heterocycles. The highest BCUT2D eigenvalue weighted by Gasteiger charge is 2.16. The zero-order valence-corrected chi connectivity index (χ0v) is 10.3. The Kier molecular flexibility index (Phi) is 3.24. The number of hydrogen-bond acceptors (Lipinski definition) is 6. The standard InChI is InChI=1S/C13H10N4O3/c18-12(15-8-10-4-2-6-19-10)13-16-11(17-20-13)9-3-1-5-14-7-9/h1-7H,8H2,(H,15,18). The number of carbonyl (C=O) groups excluding carboxylic acids is 1. The van der Waals surface area contributed by atoms with E-state index in [0.29, 0.717) is 17.1 Å². The van der Waals surface area contributed by atoms with Gasteiger partial charge in [-0.3, -0.25) is 9.78 Å². The van der Waals surface area contributed by atoms with Gasteiger partial charge in [0.25, 0.3) is 0 Å². The van der Waals surface area contributed by atoms with Crippen molar-refractivity contribution in [3.8, 4) is 11.4 Å². The lowest BCUT2D eigenvalue weighted by Gasteiger charge is -1.97. The predicted octanol–water partition coefficient (Wildman–Crippen LogP) is 1.65. The molecule has 20 heavy (non-hydrogen) atoms. The quantitative estimate of drug-likeness (QED) is 0.774. The van der Waals surface area contributed by atoms with E-state index in [9.17, 15) is 4.79 Å². The predicted molar refractivity (Wildman–Crippen MR) is 67.4 cm³/mol. The minimum atomic E-state index is -0.455. The van der Waals surface area contributed by atoms with Crippen molar-refractivity contribution in [1.82, 2.24) is 20.4 Å². The molecule has 3 heterocycles. The van der Waals surface area contributed by atoms with Crippen LogP contribution < -0.4 is 5.32 Å². The van der Waals surface area contributed by atoms with Gasteiger partial charge in [-0.1, -0.05) is 5.16 Å². The molecule has 0 atom stereocenters. The van der Waals surface area contributed by atoms with Crippen LogP contribution in [0, 0.1) is 0 Å². The smallest absolute Gasteiger partial charge is 0.316 e. The highest BCUT2D eigenvalue weighted by atomic mass is 16.5. The second kappa shape index (κ2) is 5.35. The van der Waals surface area contributed by atoms with Crippen molar-refractivity contribution in [3.05, 3.63) is 54.6 Å². The molecule has 7 heteroatoms. The number of carbonyl (C=O) groups is 1. The Morgan fingerprint density at radius 1 is 1.30 bits per heavy atom. The van der Waals surface area contributed by atoms with Gasteiger partial charge in [-0.15, -0.1) is 0 Å². The molecule has 0 aliphatic carbocycles. The van der Waals surface area contributed by atoms with E-state index < -0.39 is 5.91 Å². The summed E-state index contributed by atoms with van der Waals surface area (Å²) >= 11 is 0. The summed E-state index contributed by atoms with van der Waals surface area (Å²) in [6.45, 7) is 0.260. The maximum atomic E-state index is 11.8. The van der Waals surface area contributed by atoms with Crippen LogP contribution in [0.25, 0.3) is 11.4 Å². The van der Waals surface area contributed by atoms with Crippen LogP contribution in [0.15, 0.2) is 51.9 Å². The van der Waals surface area contributed by atoms with Crippen LogP contribution in [0.4, 0.5) is 0 Å². The van der Waals surface area contributed by atoms with Crippen molar-refractivity contribution in [2.24, 2.45) is 0 Å². The van der Waals surface area contributed by atoms with Gasteiger partial charge in [0, 0.05) is 18.0 Å². The number of rotatable bonds is 4. The molecule has 100 valence electrons. The van der Waals surface area contributed by atoms with Gasteiger partial charge in [0.1, 0.15) is 5.76 Å². The van der Waals surface area contributed by atoms with Crippen molar-refractivity contribution in [3.63, 3.8) is 0 Å². The van der Waals surface area contributed by atoms with Crippen LogP contribution in [0.1, 0.15) is 16.4 Å². The first-order valence-electron chi connectivity index (χ1n) is 5.87. The Morgan fingerprint density at radius 2 is 2.25 bits per heavy atom. The number of hydrogen-bond donors (Lipinski definition) is 1. The van der Waals surface area contributed by atoms with E-state index in [0.717, 1.165) is 0 Å². The molecule has 0 radical (unpaired) electrons. The molecular weight excluding hydrogens is 260 g/mol. The fourth-order valence-electron chi connectivity index (χ4n) is 1.58. The molecule has 1 N–H and O–H groups in total. The molecule has 0 spiro atoms. The molecule has 7 nitrogen and oxygen atoms in total. The van der Waals surface area contributed by atoms with Gasteiger partial charge in [0.05, 0.1) is 12.8 Å². The molecule has 1 amide bonds. The maximum Gasteiger partial charge on any atom is 0.316 e. The van der Waals surface area contributed by atoms with E-state index in [-0.39, 0.29) is 12.4 Å². The Labute approximate surface area is 113 Å². The molecule has 0 fully saturated rings. The van der Waals surface area contributed by atoms with Gasteiger partial charge < -0.3 is 14.3 Å². The van der Waals surface area contributed by atoms with E-state index in [1.165, 1.54) is 6.26 Å². The second-order valence-electron chi connectivity index (χ2n) is 3.93. The first kappa shape index (κ1) is 12.1. The average molecular weight is 270 g/mol. The Bertz CT molecular complexity index is 692. The Balaban J connectivity index is 1.69.